The second kappa shape index (κ2) is 4.66. The van der Waals surface area contributed by atoms with Crippen molar-refractivity contribution in [2.75, 3.05) is 6.61 Å². The first-order chi connectivity index (χ1) is 7.50. The number of hydrogen-bond acceptors (Lipinski definition) is 2. The predicted molar refractivity (Wildman–Crippen MR) is 67.3 cm³/mol. The van der Waals surface area contributed by atoms with E-state index in [1.807, 2.05) is 0 Å². The molecule has 0 saturated heterocycles. The van der Waals surface area contributed by atoms with Crippen LogP contribution in [0.5, 0.6) is 0 Å². The smallest absolute Gasteiger partial charge is 0.0446 e. The van der Waals surface area contributed by atoms with E-state index in [1.165, 1.54) is 25.7 Å². The molecule has 0 spiro atoms. The summed E-state index contributed by atoms with van der Waals surface area (Å²) in [6.45, 7) is 7.12. The van der Waals surface area contributed by atoms with Gasteiger partial charge >= 0.3 is 0 Å². The molecular formula is C14H27NO. The van der Waals surface area contributed by atoms with E-state index in [4.69, 9.17) is 5.11 Å². The Morgan fingerprint density at radius 1 is 1.25 bits per heavy atom. The van der Waals surface area contributed by atoms with Gasteiger partial charge in [0.05, 0.1) is 0 Å². The van der Waals surface area contributed by atoms with Crippen LogP contribution in [0.25, 0.3) is 0 Å². The molecule has 94 valence electrons. The third-order valence-corrected chi connectivity index (χ3v) is 4.62. The summed E-state index contributed by atoms with van der Waals surface area (Å²) in [6.07, 6.45) is 6.61. The Morgan fingerprint density at radius 2 is 2.00 bits per heavy atom. The second-order valence-electron chi connectivity index (χ2n) is 6.88. The number of aliphatic hydroxyl groups is 1. The molecule has 0 aliphatic heterocycles. The third-order valence-electron chi connectivity index (χ3n) is 4.62. The topological polar surface area (TPSA) is 32.3 Å². The average molecular weight is 225 g/mol. The van der Waals surface area contributed by atoms with Gasteiger partial charge in [0.25, 0.3) is 0 Å². The summed E-state index contributed by atoms with van der Waals surface area (Å²) in [5.41, 5.74) is 0.255. The number of nitrogens with one attached hydrogen (secondary N) is 1. The molecule has 2 bridgehead atoms. The summed E-state index contributed by atoms with van der Waals surface area (Å²) in [4.78, 5) is 0. The Kier molecular flexibility index (Phi) is 3.60. The first kappa shape index (κ1) is 12.4. The van der Waals surface area contributed by atoms with Gasteiger partial charge in [-0.2, -0.15) is 0 Å². The maximum Gasteiger partial charge on any atom is 0.0446 e. The van der Waals surface area contributed by atoms with Gasteiger partial charge in [-0.05, 0) is 42.9 Å². The largest absolute Gasteiger partial charge is 0.396 e. The van der Waals surface area contributed by atoms with Crippen molar-refractivity contribution in [3.63, 3.8) is 0 Å². The van der Waals surface area contributed by atoms with Crippen molar-refractivity contribution in [2.24, 2.45) is 17.3 Å². The molecule has 4 atom stereocenters. The molecule has 2 nitrogen and oxygen atoms in total. The van der Waals surface area contributed by atoms with Crippen LogP contribution in [-0.4, -0.2) is 23.8 Å². The highest BCUT2D eigenvalue weighted by molar-refractivity contribution is 4.96. The van der Waals surface area contributed by atoms with E-state index in [0.29, 0.717) is 12.6 Å². The molecule has 0 aromatic rings. The molecule has 2 rings (SSSR count). The van der Waals surface area contributed by atoms with Gasteiger partial charge in [-0.3, -0.25) is 0 Å². The summed E-state index contributed by atoms with van der Waals surface area (Å²) in [6, 6.07) is 1.19. The fourth-order valence-electron chi connectivity index (χ4n) is 3.60. The van der Waals surface area contributed by atoms with Crippen LogP contribution in [0, 0.1) is 17.3 Å². The van der Waals surface area contributed by atoms with E-state index in [-0.39, 0.29) is 5.41 Å². The molecule has 2 N–H and O–H groups in total. The van der Waals surface area contributed by atoms with Crippen molar-refractivity contribution < 1.29 is 5.11 Å². The molecule has 0 radical (unpaired) electrons. The van der Waals surface area contributed by atoms with Crippen molar-refractivity contribution in [3.8, 4) is 0 Å². The number of fused-ring (bicyclic) bond motifs is 2. The predicted octanol–water partition coefficient (Wildman–Crippen LogP) is 2.56. The van der Waals surface area contributed by atoms with Crippen LogP contribution < -0.4 is 5.32 Å². The van der Waals surface area contributed by atoms with Gasteiger partial charge in [0, 0.05) is 18.7 Å². The maximum absolute atomic E-state index is 9.17. The Morgan fingerprint density at radius 3 is 2.44 bits per heavy atom. The zero-order chi connectivity index (χ0) is 11.8. The Labute approximate surface area is 99.8 Å². The van der Waals surface area contributed by atoms with Crippen LogP contribution in [0.3, 0.4) is 0 Å². The SMILES string of the molecule is CC(C)(C)C(CCO)NC1CC2CCC1C2. The monoisotopic (exact) mass is 225 g/mol. The first-order valence-corrected chi connectivity index (χ1v) is 6.87. The molecule has 2 aliphatic carbocycles. The van der Waals surface area contributed by atoms with Gasteiger partial charge in [-0.1, -0.05) is 27.2 Å². The number of aliphatic hydroxyl groups excluding tert-OH is 1. The summed E-state index contributed by atoms with van der Waals surface area (Å²) >= 11 is 0. The van der Waals surface area contributed by atoms with Crippen LogP contribution in [0.2, 0.25) is 0 Å². The second-order valence-corrected chi connectivity index (χ2v) is 6.88. The van der Waals surface area contributed by atoms with Crippen molar-refractivity contribution in [2.45, 2.75) is 65.0 Å². The van der Waals surface area contributed by atoms with Crippen LogP contribution in [0.1, 0.15) is 52.9 Å². The van der Waals surface area contributed by atoms with E-state index in [2.05, 4.69) is 26.1 Å². The lowest BCUT2D eigenvalue weighted by molar-refractivity contribution is 0.171. The molecule has 0 aromatic carbocycles. The average Bonchev–Trinajstić information content (AvgIpc) is 2.76. The van der Waals surface area contributed by atoms with Gasteiger partial charge in [-0.25, -0.2) is 0 Å². The lowest BCUT2D eigenvalue weighted by Crippen LogP contribution is -2.48. The third kappa shape index (κ3) is 2.60. The molecular weight excluding hydrogens is 198 g/mol. The van der Waals surface area contributed by atoms with Gasteiger partial charge in [0.15, 0.2) is 0 Å². The van der Waals surface area contributed by atoms with Crippen LogP contribution in [0.4, 0.5) is 0 Å². The zero-order valence-corrected chi connectivity index (χ0v) is 11.0. The van der Waals surface area contributed by atoms with Crippen molar-refractivity contribution in [1.82, 2.24) is 5.32 Å². The normalized spacial score (nSPS) is 35.6. The lowest BCUT2D eigenvalue weighted by atomic mass is 9.83. The Balaban J connectivity index is 1.91. The molecule has 2 aliphatic rings. The summed E-state index contributed by atoms with van der Waals surface area (Å²) in [5, 5.41) is 13.0. The van der Waals surface area contributed by atoms with Crippen molar-refractivity contribution >= 4 is 0 Å². The quantitative estimate of drug-likeness (QED) is 0.770. The highest BCUT2D eigenvalue weighted by atomic mass is 16.3. The fraction of sp³-hybridized carbons (Fsp3) is 1.00. The molecule has 0 amide bonds. The minimum Gasteiger partial charge on any atom is -0.396 e. The lowest BCUT2D eigenvalue weighted by Gasteiger charge is -2.36. The number of rotatable bonds is 4. The molecule has 4 unspecified atom stereocenters. The van der Waals surface area contributed by atoms with Gasteiger partial charge in [-0.15, -0.1) is 0 Å². The van der Waals surface area contributed by atoms with Crippen LogP contribution in [-0.2, 0) is 0 Å². The summed E-state index contributed by atoms with van der Waals surface area (Å²) in [7, 11) is 0. The molecule has 2 saturated carbocycles. The van der Waals surface area contributed by atoms with Gasteiger partial charge in [0.2, 0.25) is 0 Å². The summed E-state index contributed by atoms with van der Waals surface area (Å²) in [5.74, 6) is 1.92. The minimum absolute atomic E-state index is 0.255. The molecule has 2 fully saturated rings. The zero-order valence-electron chi connectivity index (χ0n) is 11.0. The maximum atomic E-state index is 9.17. The van der Waals surface area contributed by atoms with E-state index < -0.39 is 0 Å². The van der Waals surface area contributed by atoms with Gasteiger partial charge in [0.1, 0.15) is 0 Å². The standard InChI is InChI=1S/C14H27NO/c1-14(2,3)13(6-7-16)15-12-9-10-4-5-11(12)8-10/h10-13,15-16H,4-9H2,1-3H3. The van der Waals surface area contributed by atoms with Gasteiger partial charge < -0.3 is 10.4 Å². The van der Waals surface area contributed by atoms with E-state index in [9.17, 15) is 0 Å². The highest BCUT2D eigenvalue weighted by Gasteiger charge is 2.41. The minimum atomic E-state index is 0.255. The van der Waals surface area contributed by atoms with Crippen molar-refractivity contribution in [1.29, 1.82) is 0 Å². The van der Waals surface area contributed by atoms with E-state index >= 15 is 0 Å². The van der Waals surface area contributed by atoms with E-state index in [1.54, 1.807) is 0 Å². The summed E-state index contributed by atoms with van der Waals surface area (Å²) < 4.78 is 0. The molecule has 0 heterocycles. The van der Waals surface area contributed by atoms with Crippen LogP contribution >= 0.6 is 0 Å². The molecule has 2 heteroatoms. The van der Waals surface area contributed by atoms with Crippen molar-refractivity contribution in [3.05, 3.63) is 0 Å². The van der Waals surface area contributed by atoms with Crippen LogP contribution in [0.15, 0.2) is 0 Å². The molecule has 16 heavy (non-hydrogen) atoms. The molecule has 0 aromatic heterocycles. The Hall–Kier alpha value is -0.0800. The highest BCUT2D eigenvalue weighted by Crippen LogP contribution is 2.45. The number of hydrogen-bond donors (Lipinski definition) is 2. The fourth-order valence-corrected chi connectivity index (χ4v) is 3.60. The first-order valence-electron chi connectivity index (χ1n) is 6.87. The van der Waals surface area contributed by atoms with E-state index in [0.717, 1.165) is 24.3 Å². The Bertz CT molecular complexity index is 233.